The number of hydrogen-bond acceptors (Lipinski definition) is 3. The lowest BCUT2D eigenvalue weighted by atomic mass is 9.67. The molecule has 0 amide bonds. The van der Waals surface area contributed by atoms with Gasteiger partial charge in [-0.15, -0.1) is 0 Å². The SMILES string of the molecule is CC(=O)OC12CCC(CC1)C(=O)C2. The van der Waals surface area contributed by atoms with Gasteiger partial charge >= 0.3 is 5.97 Å². The molecule has 0 aliphatic heterocycles. The van der Waals surface area contributed by atoms with Gasteiger partial charge in [0.05, 0.1) is 0 Å². The standard InChI is InChI=1S/C10H14O3/c1-7(11)13-10-4-2-8(3-5-10)9(12)6-10/h8H,2-6H2,1H3. The average molecular weight is 182 g/mol. The first-order valence-electron chi connectivity index (χ1n) is 4.84. The fraction of sp³-hybridized carbons (Fsp3) is 0.800. The Morgan fingerprint density at radius 2 is 2.08 bits per heavy atom. The predicted octanol–water partition coefficient (Wildman–Crippen LogP) is 1.45. The molecule has 0 atom stereocenters. The summed E-state index contributed by atoms with van der Waals surface area (Å²) in [4.78, 5) is 22.3. The van der Waals surface area contributed by atoms with Crippen molar-refractivity contribution in [1.29, 1.82) is 0 Å². The van der Waals surface area contributed by atoms with E-state index in [1.54, 1.807) is 0 Å². The molecule has 0 aromatic heterocycles. The van der Waals surface area contributed by atoms with Gasteiger partial charge in [-0.3, -0.25) is 9.59 Å². The van der Waals surface area contributed by atoms with Crippen LogP contribution in [0.3, 0.4) is 0 Å². The third-order valence-corrected chi connectivity index (χ3v) is 3.21. The van der Waals surface area contributed by atoms with Gasteiger partial charge in [0, 0.05) is 19.3 Å². The van der Waals surface area contributed by atoms with Gasteiger partial charge in [0.15, 0.2) is 0 Å². The minimum atomic E-state index is -0.419. The van der Waals surface area contributed by atoms with Crippen LogP contribution in [0.2, 0.25) is 0 Å². The summed E-state index contributed by atoms with van der Waals surface area (Å²) in [5, 5.41) is 0. The van der Waals surface area contributed by atoms with Crippen molar-refractivity contribution >= 4 is 11.8 Å². The second-order valence-corrected chi connectivity index (χ2v) is 4.19. The Morgan fingerprint density at radius 1 is 1.46 bits per heavy atom. The first-order chi connectivity index (χ1) is 6.11. The van der Waals surface area contributed by atoms with E-state index in [-0.39, 0.29) is 11.9 Å². The molecule has 3 saturated carbocycles. The van der Waals surface area contributed by atoms with Gasteiger partial charge < -0.3 is 4.74 Å². The highest BCUT2D eigenvalue weighted by atomic mass is 16.6. The zero-order valence-corrected chi connectivity index (χ0v) is 7.84. The summed E-state index contributed by atoms with van der Waals surface area (Å²) < 4.78 is 5.28. The second kappa shape index (κ2) is 2.82. The van der Waals surface area contributed by atoms with Crippen molar-refractivity contribution in [1.82, 2.24) is 0 Å². The normalized spacial score (nSPS) is 37.6. The van der Waals surface area contributed by atoms with Crippen LogP contribution in [0, 0.1) is 5.92 Å². The van der Waals surface area contributed by atoms with Crippen molar-refractivity contribution in [2.75, 3.05) is 0 Å². The molecule has 3 fully saturated rings. The van der Waals surface area contributed by atoms with E-state index in [1.807, 2.05) is 0 Å². The third kappa shape index (κ3) is 1.47. The van der Waals surface area contributed by atoms with Gasteiger partial charge in [0.1, 0.15) is 11.4 Å². The lowest BCUT2D eigenvalue weighted by molar-refractivity contribution is -0.171. The number of esters is 1. The number of rotatable bonds is 1. The van der Waals surface area contributed by atoms with Gasteiger partial charge in [-0.25, -0.2) is 0 Å². The Labute approximate surface area is 77.4 Å². The van der Waals surface area contributed by atoms with E-state index in [4.69, 9.17) is 4.74 Å². The molecule has 0 heterocycles. The Kier molecular flexibility index (Phi) is 1.90. The van der Waals surface area contributed by atoms with Crippen LogP contribution in [0.4, 0.5) is 0 Å². The summed E-state index contributed by atoms with van der Waals surface area (Å²) >= 11 is 0. The third-order valence-electron chi connectivity index (χ3n) is 3.21. The van der Waals surface area contributed by atoms with Crippen molar-refractivity contribution in [3.05, 3.63) is 0 Å². The molecule has 0 N–H and O–H groups in total. The van der Waals surface area contributed by atoms with Crippen molar-refractivity contribution in [3.63, 3.8) is 0 Å². The molecular formula is C10H14O3. The van der Waals surface area contributed by atoms with E-state index in [0.717, 1.165) is 25.7 Å². The van der Waals surface area contributed by atoms with Crippen LogP contribution >= 0.6 is 0 Å². The number of hydrogen-bond donors (Lipinski definition) is 0. The number of fused-ring (bicyclic) bond motifs is 3. The predicted molar refractivity (Wildman–Crippen MR) is 46.1 cm³/mol. The maximum Gasteiger partial charge on any atom is 0.303 e. The topological polar surface area (TPSA) is 43.4 Å². The van der Waals surface area contributed by atoms with Crippen molar-refractivity contribution in [2.24, 2.45) is 5.92 Å². The Morgan fingerprint density at radius 3 is 2.54 bits per heavy atom. The minimum absolute atomic E-state index is 0.256. The van der Waals surface area contributed by atoms with Crippen LogP contribution in [-0.2, 0) is 14.3 Å². The van der Waals surface area contributed by atoms with Gasteiger partial charge in [0.25, 0.3) is 0 Å². The molecule has 72 valence electrons. The maximum absolute atomic E-state index is 11.5. The highest BCUT2D eigenvalue weighted by Gasteiger charge is 2.47. The Balaban J connectivity index is 2.13. The zero-order valence-electron chi connectivity index (χ0n) is 7.84. The molecule has 13 heavy (non-hydrogen) atoms. The zero-order chi connectivity index (χ0) is 9.47. The van der Waals surface area contributed by atoms with Gasteiger partial charge in [-0.2, -0.15) is 0 Å². The largest absolute Gasteiger partial charge is 0.459 e. The first-order valence-corrected chi connectivity index (χ1v) is 4.84. The molecule has 2 bridgehead atoms. The molecule has 0 aromatic carbocycles. The van der Waals surface area contributed by atoms with Crippen LogP contribution in [0.1, 0.15) is 39.0 Å². The van der Waals surface area contributed by atoms with E-state index in [1.165, 1.54) is 6.92 Å². The van der Waals surface area contributed by atoms with Gasteiger partial charge in [-0.1, -0.05) is 0 Å². The van der Waals surface area contributed by atoms with Crippen LogP contribution < -0.4 is 0 Å². The quantitative estimate of drug-likeness (QED) is 0.576. The summed E-state index contributed by atoms with van der Waals surface area (Å²) in [6.45, 7) is 1.42. The van der Waals surface area contributed by atoms with E-state index >= 15 is 0 Å². The molecular weight excluding hydrogens is 168 g/mol. The van der Waals surface area contributed by atoms with Gasteiger partial charge in [-0.05, 0) is 25.7 Å². The van der Waals surface area contributed by atoms with Crippen molar-refractivity contribution < 1.29 is 14.3 Å². The molecule has 3 nitrogen and oxygen atoms in total. The first kappa shape index (κ1) is 8.73. The second-order valence-electron chi connectivity index (χ2n) is 4.19. The molecule has 0 aromatic rings. The van der Waals surface area contributed by atoms with Crippen LogP contribution in [-0.4, -0.2) is 17.4 Å². The van der Waals surface area contributed by atoms with E-state index in [9.17, 15) is 9.59 Å². The Hall–Kier alpha value is -0.860. The molecule has 0 spiro atoms. The van der Waals surface area contributed by atoms with E-state index < -0.39 is 5.60 Å². The van der Waals surface area contributed by atoms with Crippen LogP contribution in [0.25, 0.3) is 0 Å². The van der Waals surface area contributed by atoms with Crippen molar-refractivity contribution in [3.8, 4) is 0 Å². The molecule has 3 heteroatoms. The monoisotopic (exact) mass is 182 g/mol. The number of carbonyl (C=O) groups is 2. The van der Waals surface area contributed by atoms with E-state index in [2.05, 4.69) is 0 Å². The summed E-state index contributed by atoms with van der Waals surface area (Å²) in [5.41, 5.74) is -0.419. The fourth-order valence-corrected chi connectivity index (χ4v) is 2.55. The molecule has 3 aliphatic carbocycles. The molecule has 0 radical (unpaired) electrons. The molecule has 0 unspecified atom stereocenters. The van der Waals surface area contributed by atoms with E-state index in [0.29, 0.717) is 12.2 Å². The number of Topliss-reactive ketones (excluding diaryl/α,β-unsaturated/α-hetero) is 1. The number of carbonyl (C=O) groups excluding carboxylic acids is 2. The lowest BCUT2D eigenvalue weighted by Gasteiger charge is -2.44. The fourth-order valence-electron chi connectivity index (χ4n) is 2.55. The van der Waals surface area contributed by atoms with Crippen LogP contribution in [0.15, 0.2) is 0 Å². The molecule has 0 saturated heterocycles. The minimum Gasteiger partial charge on any atom is -0.459 e. The summed E-state index contributed by atoms with van der Waals surface area (Å²) in [7, 11) is 0. The number of ketones is 1. The maximum atomic E-state index is 11.5. The number of ether oxygens (including phenoxy) is 1. The lowest BCUT2D eigenvalue weighted by Crippen LogP contribution is -2.48. The van der Waals surface area contributed by atoms with Crippen LogP contribution in [0.5, 0.6) is 0 Å². The smallest absolute Gasteiger partial charge is 0.303 e. The summed E-state index contributed by atoms with van der Waals surface area (Å²) in [5.74, 6) is 0.296. The highest BCUT2D eigenvalue weighted by Crippen LogP contribution is 2.44. The molecule has 3 aliphatic rings. The summed E-state index contributed by atoms with van der Waals surface area (Å²) in [6.07, 6.45) is 4.03. The molecule has 3 rings (SSSR count). The average Bonchev–Trinajstić information content (AvgIpc) is 2.03. The van der Waals surface area contributed by atoms with Crippen molar-refractivity contribution in [2.45, 2.75) is 44.6 Å². The Bertz CT molecular complexity index is 245. The van der Waals surface area contributed by atoms with Gasteiger partial charge in [0.2, 0.25) is 0 Å². The summed E-state index contributed by atoms with van der Waals surface area (Å²) in [6, 6.07) is 0. The highest BCUT2D eigenvalue weighted by molar-refractivity contribution is 5.84.